The molecule has 2 N–H and O–H groups in total. The van der Waals surface area contributed by atoms with Gasteiger partial charge in [0.05, 0.1) is 6.54 Å². The predicted octanol–water partition coefficient (Wildman–Crippen LogP) is 5.07. The Labute approximate surface area is 213 Å². The zero-order valence-corrected chi connectivity index (χ0v) is 21.7. The van der Waals surface area contributed by atoms with Crippen molar-refractivity contribution in [3.05, 3.63) is 78.0 Å². The summed E-state index contributed by atoms with van der Waals surface area (Å²) in [6.45, 7) is 7.80. The van der Waals surface area contributed by atoms with E-state index < -0.39 is 0 Å². The topological polar surface area (TPSA) is 65.7 Å². The highest BCUT2D eigenvalue weighted by Crippen LogP contribution is 2.21. The maximum Gasteiger partial charge on any atom is 0.191 e. The van der Waals surface area contributed by atoms with Gasteiger partial charge in [-0.15, -0.1) is 24.0 Å². The second kappa shape index (κ2) is 12.7. The number of hydrogen-bond donors (Lipinski definition) is 2. The summed E-state index contributed by atoms with van der Waals surface area (Å²) in [5.41, 5.74) is 3.23. The first-order valence-electron chi connectivity index (χ1n) is 11.5. The Balaban J connectivity index is 0.00000306. The molecule has 2 atom stereocenters. The van der Waals surface area contributed by atoms with Gasteiger partial charge < -0.3 is 15.2 Å². The van der Waals surface area contributed by atoms with Crippen molar-refractivity contribution in [2.45, 2.75) is 51.9 Å². The lowest BCUT2D eigenvalue weighted by Crippen LogP contribution is -2.51. The lowest BCUT2D eigenvalue weighted by molar-refractivity contribution is 0.134. The molecule has 2 heterocycles. The van der Waals surface area contributed by atoms with Crippen LogP contribution in [0, 0.1) is 0 Å². The molecular weight excluding hydrogens is 525 g/mol. The molecule has 176 valence electrons. The largest absolute Gasteiger partial charge is 0.357 e. The monoisotopic (exact) mass is 559 g/mol. The number of likely N-dealkylation sites (tertiary alicyclic amines) is 1. The Morgan fingerprint density at radius 1 is 1.12 bits per heavy atom. The zero-order chi connectivity index (χ0) is 22.2. The second-order valence-corrected chi connectivity index (χ2v) is 8.41. The second-order valence-electron chi connectivity index (χ2n) is 8.41. The summed E-state index contributed by atoms with van der Waals surface area (Å²) in [7, 11) is 0. The summed E-state index contributed by atoms with van der Waals surface area (Å²) in [6.07, 6.45) is 2.20. The first-order valence-corrected chi connectivity index (χ1v) is 11.5. The van der Waals surface area contributed by atoms with Gasteiger partial charge in [0.15, 0.2) is 11.7 Å². The minimum Gasteiger partial charge on any atom is -0.357 e. The Kier molecular flexibility index (Phi) is 9.75. The van der Waals surface area contributed by atoms with Gasteiger partial charge in [0, 0.05) is 43.3 Å². The molecule has 33 heavy (non-hydrogen) atoms. The van der Waals surface area contributed by atoms with Crippen LogP contribution in [0.15, 0.2) is 76.2 Å². The minimum atomic E-state index is 0. The SMILES string of the molecule is CCNC(=NCc1cc(-c2ccccc2)on1)NC1CCN(Cc2ccccc2)C(C)C1.I. The van der Waals surface area contributed by atoms with E-state index in [0.29, 0.717) is 18.6 Å². The van der Waals surface area contributed by atoms with E-state index >= 15 is 0 Å². The predicted molar refractivity (Wildman–Crippen MR) is 145 cm³/mol. The molecule has 3 aromatic rings. The zero-order valence-electron chi connectivity index (χ0n) is 19.4. The number of piperidine rings is 1. The van der Waals surface area contributed by atoms with Crippen LogP contribution in [0.1, 0.15) is 37.9 Å². The van der Waals surface area contributed by atoms with E-state index in [1.54, 1.807) is 0 Å². The fraction of sp³-hybridized carbons (Fsp3) is 0.385. The number of benzene rings is 2. The van der Waals surface area contributed by atoms with Gasteiger partial charge in [-0.1, -0.05) is 65.8 Å². The lowest BCUT2D eigenvalue weighted by atomic mass is 9.97. The maximum atomic E-state index is 5.50. The van der Waals surface area contributed by atoms with Gasteiger partial charge in [-0.2, -0.15) is 0 Å². The van der Waals surface area contributed by atoms with Crippen molar-refractivity contribution < 1.29 is 4.52 Å². The van der Waals surface area contributed by atoms with Crippen LogP contribution in [-0.4, -0.2) is 41.2 Å². The molecule has 1 fully saturated rings. The maximum absolute atomic E-state index is 5.50. The summed E-state index contributed by atoms with van der Waals surface area (Å²) in [6, 6.07) is 23.6. The number of guanidine groups is 1. The number of hydrogen-bond acceptors (Lipinski definition) is 4. The fourth-order valence-corrected chi connectivity index (χ4v) is 4.20. The van der Waals surface area contributed by atoms with E-state index in [-0.39, 0.29) is 24.0 Å². The Morgan fingerprint density at radius 2 is 1.85 bits per heavy atom. The smallest absolute Gasteiger partial charge is 0.191 e. The molecule has 0 saturated carbocycles. The average molecular weight is 559 g/mol. The summed E-state index contributed by atoms with van der Waals surface area (Å²) >= 11 is 0. The van der Waals surface area contributed by atoms with Gasteiger partial charge in [-0.25, -0.2) is 4.99 Å². The first kappa shape index (κ1) is 25.2. The number of aromatic nitrogens is 1. The summed E-state index contributed by atoms with van der Waals surface area (Å²) in [5.74, 6) is 1.61. The highest BCUT2D eigenvalue weighted by Gasteiger charge is 2.26. The van der Waals surface area contributed by atoms with Gasteiger partial charge in [0.25, 0.3) is 0 Å². The van der Waals surface area contributed by atoms with Crippen molar-refractivity contribution in [3.63, 3.8) is 0 Å². The third-order valence-electron chi connectivity index (χ3n) is 5.94. The average Bonchev–Trinajstić information content (AvgIpc) is 3.30. The minimum absolute atomic E-state index is 0. The molecule has 2 unspecified atom stereocenters. The molecule has 1 saturated heterocycles. The van der Waals surface area contributed by atoms with E-state index in [2.05, 4.69) is 64.9 Å². The Hall–Kier alpha value is -2.39. The van der Waals surface area contributed by atoms with Crippen molar-refractivity contribution in [3.8, 4) is 11.3 Å². The van der Waals surface area contributed by atoms with Gasteiger partial charge in [-0.3, -0.25) is 4.90 Å². The van der Waals surface area contributed by atoms with Crippen LogP contribution in [-0.2, 0) is 13.1 Å². The van der Waals surface area contributed by atoms with Crippen LogP contribution >= 0.6 is 24.0 Å². The van der Waals surface area contributed by atoms with Gasteiger partial charge in [-0.05, 0) is 32.3 Å². The number of rotatable bonds is 7. The Morgan fingerprint density at radius 3 is 2.55 bits per heavy atom. The molecule has 0 bridgehead atoms. The first-order chi connectivity index (χ1) is 15.7. The van der Waals surface area contributed by atoms with Crippen LogP contribution in [0.4, 0.5) is 0 Å². The summed E-state index contributed by atoms with van der Waals surface area (Å²) < 4.78 is 5.50. The van der Waals surface area contributed by atoms with E-state index in [9.17, 15) is 0 Å². The quantitative estimate of drug-likeness (QED) is 0.241. The lowest BCUT2D eigenvalue weighted by Gasteiger charge is -2.38. The van der Waals surface area contributed by atoms with Gasteiger partial charge >= 0.3 is 0 Å². The molecule has 1 aromatic heterocycles. The van der Waals surface area contributed by atoms with Crippen LogP contribution in [0.25, 0.3) is 11.3 Å². The number of nitrogens with zero attached hydrogens (tertiary/aromatic N) is 3. The van der Waals surface area contributed by atoms with E-state index in [4.69, 9.17) is 9.52 Å². The number of aliphatic imine (C=N–C) groups is 1. The van der Waals surface area contributed by atoms with Gasteiger partial charge in [0.1, 0.15) is 5.69 Å². The molecule has 7 heteroatoms. The highest BCUT2D eigenvalue weighted by atomic mass is 127. The van der Waals surface area contributed by atoms with Gasteiger partial charge in [0.2, 0.25) is 0 Å². The van der Waals surface area contributed by atoms with Crippen molar-refractivity contribution in [2.75, 3.05) is 13.1 Å². The molecular formula is C26H34IN5O. The summed E-state index contributed by atoms with van der Waals surface area (Å²) in [5, 5.41) is 11.2. The van der Waals surface area contributed by atoms with Crippen LogP contribution < -0.4 is 10.6 Å². The van der Waals surface area contributed by atoms with E-state index in [1.807, 2.05) is 36.4 Å². The third kappa shape index (κ3) is 7.30. The number of nitrogens with one attached hydrogen (secondary N) is 2. The van der Waals surface area contributed by atoms with Crippen LogP contribution in [0.3, 0.4) is 0 Å². The van der Waals surface area contributed by atoms with Crippen LogP contribution in [0.5, 0.6) is 0 Å². The van der Waals surface area contributed by atoms with Crippen molar-refractivity contribution in [1.82, 2.24) is 20.7 Å². The molecule has 4 rings (SSSR count). The molecule has 0 aliphatic carbocycles. The molecule has 1 aliphatic heterocycles. The van der Waals surface area contributed by atoms with Crippen molar-refractivity contribution in [1.29, 1.82) is 0 Å². The molecule has 6 nitrogen and oxygen atoms in total. The normalized spacial score (nSPS) is 19.0. The van der Waals surface area contributed by atoms with Crippen LogP contribution in [0.2, 0.25) is 0 Å². The van der Waals surface area contributed by atoms with E-state index in [0.717, 1.165) is 55.5 Å². The van der Waals surface area contributed by atoms with E-state index in [1.165, 1.54) is 5.56 Å². The third-order valence-corrected chi connectivity index (χ3v) is 5.94. The molecule has 0 spiro atoms. The fourth-order valence-electron chi connectivity index (χ4n) is 4.20. The van der Waals surface area contributed by atoms with Crippen molar-refractivity contribution in [2.24, 2.45) is 4.99 Å². The highest BCUT2D eigenvalue weighted by molar-refractivity contribution is 14.0. The number of halogens is 1. The summed E-state index contributed by atoms with van der Waals surface area (Å²) in [4.78, 5) is 7.32. The molecule has 0 radical (unpaired) electrons. The van der Waals surface area contributed by atoms with Crippen molar-refractivity contribution >= 4 is 29.9 Å². The molecule has 1 aliphatic rings. The molecule has 2 aromatic carbocycles. The Bertz CT molecular complexity index is 992. The molecule has 0 amide bonds. The standard InChI is InChI=1S/C26H33N5O.HI/c1-3-27-26(28-18-24-17-25(32-30-24)22-12-8-5-9-13-22)29-23-14-15-31(20(2)16-23)19-21-10-6-4-7-11-21;/h4-13,17,20,23H,3,14-16,18-19H2,1-2H3,(H2,27,28,29);1H.